The summed E-state index contributed by atoms with van der Waals surface area (Å²) in [4.78, 5) is 27.8. The van der Waals surface area contributed by atoms with Crippen LogP contribution in [0.1, 0.15) is 38.3 Å². The van der Waals surface area contributed by atoms with Crippen LogP contribution in [-0.2, 0) is 22.6 Å². The molecule has 33 heavy (non-hydrogen) atoms. The van der Waals surface area contributed by atoms with Gasteiger partial charge < -0.3 is 24.4 Å². The molecule has 0 aliphatic carbocycles. The van der Waals surface area contributed by atoms with Gasteiger partial charge in [-0.25, -0.2) is 0 Å². The van der Waals surface area contributed by atoms with Crippen molar-refractivity contribution in [1.29, 1.82) is 0 Å². The molecule has 7 heteroatoms. The summed E-state index contributed by atoms with van der Waals surface area (Å²) < 4.78 is 15.9. The molecule has 0 bridgehead atoms. The lowest BCUT2D eigenvalue weighted by atomic mass is 10.1. The molecule has 0 unspecified atom stereocenters. The Balaban J connectivity index is 2.22. The van der Waals surface area contributed by atoms with Gasteiger partial charge >= 0.3 is 0 Å². The third kappa shape index (κ3) is 7.70. The molecule has 2 amide bonds. The minimum atomic E-state index is -0.619. The van der Waals surface area contributed by atoms with Gasteiger partial charge in [-0.05, 0) is 54.7 Å². The van der Waals surface area contributed by atoms with E-state index in [4.69, 9.17) is 14.2 Å². The molecule has 0 fully saturated rings. The van der Waals surface area contributed by atoms with Gasteiger partial charge in [-0.3, -0.25) is 9.59 Å². The fourth-order valence-corrected chi connectivity index (χ4v) is 3.41. The molecule has 2 rings (SSSR count). The molecule has 0 saturated carbocycles. The van der Waals surface area contributed by atoms with Crippen LogP contribution >= 0.6 is 0 Å². The number of hydrogen-bond donors (Lipinski definition) is 1. The zero-order chi connectivity index (χ0) is 24.4. The highest BCUT2D eigenvalue weighted by molar-refractivity contribution is 5.88. The quantitative estimate of drug-likeness (QED) is 0.525. The van der Waals surface area contributed by atoms with Gasteiger partial charge in [-0.15, -0.1) is 0 Å². The summed E-state index contributed by atoms with van der Waals surface area (Å²) in [5, 5.41) is 2.96. The molecule has 0 radical (unpaired) electrons. The summed E-state index contributed by atoms with van der Waals surface area (Å²) in [6, 6.07) is 12.3. The number of carbonyl (C=O) groups excluding carboxylic acids is 2. The number of nitrogens with zero attached hydrogens (tertiary/aromatic N) is 1. The van der Waals surface area contributed by atoms with E-state index in [0.717, 1.165) is 23.3 Å². The highest BCUT2D eigenvalue weighted by atomic mass is 16.5. The highest BCUT2D eigenvalue weighted by Crippen LogP contribution is 2.28. The monoisotopic (exact) mass is 456 g/mol. The summed E-state index contributed by atoms with van der Waals surface area (Å²) in [6.07, 6.45) is 1.02. The zero-order valence-electron chi connectivity index (χ0n) is 20.5. The van der Waals surface area contributed by atoms with E-state index >= 15 is 0 Å². The van der Waals surface area contributed by atoms with E-state index in [2.05, 4.69) is 19.2 Å². The molecule has 0 aromatic heterocycles. The lowest BCUT2D eigenvalue weighted by Crippen LogP contribution is -2.48. The molecular formula is C26H36N2O5. The number of amides is 2. The minimum absolute atomic E-state index is 0.139. The molecule has 0 aliphatic rings. The third-order valence-electron chi connectivity index (χ3n) is 5.50. The van der Waals surface area contributed by atoms with Crippen LogP contribution in [0.2, 0.25) is 0 Å². The maximum Gasteiger partial charge on any atom is 0.242 e. The molecule has 1 N–H and O–H groups in total. The Kier molecular flexibility index (Phi) is 10.0. The fraction of sp³-hybridized carbons (Fsp3) is 0.462. The van der Waals surface area contributed by atoms with Gasteiger partial charge in [0.05, 0.1) is 27.8 Å². The maximum absolute atomic E-state index is 13.4. The predicted octanol–water partition coefficient (Wildman–Crippen LogP) is 3.83. The second kappa shape index (κ2) is 12.7. The standard InChI is InChI=1S/C26H36N2O5/c1-18(2)13-14-27-26(30)19(3)28(17-20-7-10-22(31-4)11-8-20)25(29)16-21-9-12-23(32-5)24(15-21)33-6/h7-12,15,18-19H,13-14,16-17H2,1-6H3,(H,27,30)/t19-/m0/s1. The number of methoxy groups -OCH3 is 3. The van der Waals surface area contributed by atoms with Crippen molar-refractivity contribution in [2.24, 2.45) is 5.92 Å². The molecular weight excluding hydrogens is 420 g/mol. The van der Waals surface area contributed by atoms with E-state index in [0.29, 0.717) is 30.5 Å². The molecule has 0 aliphatic heterocycles. The van der Waals surface area contributed by atoms with Crippen molar-refractivity contribution < 1.29 is 23.8 Å². The van der Waals surface area contributed by atoms with E-state index in [1.165, 1.54) is 0 Å². The van der Waals surface area contributed by atoms with Crippen LogP contribution in [0.25, 0.3) is 0 Å². The summed E-state index contributed by atoms with van der Waals surface area (Å²) in [5.41, 5.74) is 1.70. The van der Waals surface area contributed by atoms with Crippen LogP contribution in [0, 0.1) is 5.92 Å². The number of hydrogen-bond acceptors (Lipinski definition) is 5. The Morgan fingerprint density at radius 2 is 1.52 bits per heavy atom. The van der Waals surface area contributed by atoms with Crippen molar-refractivity contribution in [3.05, 3.63) is 53.6 Å². The second-order valence-corrected chi connectivity index (χ2v) is 8.39. The SMILES string of the molecule is COc1ccc(CN(C(=O)Cc2ccc(OC)c(OC)c2)[C@@H](C)C(=O)NCCC(C)C)cc1. The highest BCUT2D eigenvalue weighted by Gasteiger charge is 2.26. The molecule has 0 spiro atoms. The van der Waals surface area contributed by atoms with Crippen molar-refractivity contribution in [2.45, 2.75) is 46.2 Å². The maximum atomic E-state index is 13.4. The van der Waals surface area contributed by atoms with Crippen molar-refractivity contribution in [1.82, 2.24) is 10.2 Å². The predicted molar refractivity (Wildman–Crippen MR) is 129 cm³/mol. The van der Waals surface area contributed by atoms with Gasteiger partial charge in [0.15, 0.2) is 11.5 Å². The van der Waals surface area contributed by atoms with E-state index < -0.39 is 6.04 Å². The lowest BCUT2D eigenvalue weighted by molar-refractivity contribution is -0.140. The van der Waals surface area contributed by atoms with Crippen molar-refractivity contribution in [3.63, 3.8) is 0 Å². The summed E-state index contributed by atoms with van der Waals surface area (Å²) in [6.45, 7) is 6.88. The Morgan fingerprint density at radius 1 is 0.879 bits per heavy atom. The summed E-state index contributed by atoms with van der Waals surface area (Å²) in [5.74, 6) is 2.07. The van der Waals surface area contributed by atoms with Crippen LogP contribution in [0.5, 0.6) is 17.2 Å². The average Bonchev–Trinajstić information content (AvgIpc) is 2.81. The number of carbonyl (C=O) groups is 2. The van der Waals surface area contributed by atoms with Crippen molar-refractivity contribution in [3.8, 4) is 17.2 Å². The van der Waals surface area contributed by atoms with Gasteiger partial charge in [0.1, 0.15) is 11.8 Å². The topological polar surface area (TPSA) is 77.1 Å². The van der Waals surface area contributed by atoms with Crippen LogP contribution in [-0.4, -0.2) is 50.6 Å². The molecule has 2 aromatic rings. The summed E-state index contributed by atoms with van der Waals surface area (Å²) >= 11 is 0. The molecule has 2 aromatic carbocycles. The first-order valence-electron chi connectivity index (χ1n) is 11.2. The van der Waals surface area contributed by atoms with E-state index in [1.807, 2.05) is 30.3 Å². The Bertz CT molecular complexity index is 911. The Hall–Kier alpha value is -3.22. The first-order valence-corrected chi connectivity index (χ1v) is 11.2. The van der Waals surface area contributed by atoms with E-state index in [-0.39, 0.29) is 18.2 Å². The van der Waals surface area contributed by atoms with Crippen molar-refractivity contribution in [2.75, 3.05) is 27.9 Å². The molecule has 0 saturated heterocycles. The largest absolute Gasteiger partial charge is 0.497 e. The van der Waals surface area contributed by atoms with E-state index in [9.17, 15) is 9.59 Å². The van der Waals surface area contributed by atoms with Crippen LogP contribution in [0.3, 0.4) is 0 Å². The number of ether oxygens (including phenoxy) is 3. The zero-order valence-corrected chi connectivity index (χ0v) is 20.5. The molecule has 1 atom stereocenters. The fourth-order valence-electron chi connectivity index (χ4n) is 3.41. The molecule has 0 heterocycles. The van der Waals surface area contributed by atoms with E-state index in [1.54, 1.807) is 45.3 Å². The van der Waals surface area contributed by atoms with Crippen molar-refractivity contribution >= 4 is 11.8 Å². The molecule has 180 valence electrons. The third-order valence-corrected chi connectivity index (χ3v) is 5.50. The Labute approximate surface area is 197 Å². The van der Waals surface area contributed by atoms with Gasteiger partial charge in [-0.2, -0.15) is 0 Å². The molecule has 7 nitrogen and oxygen atoms in total. The smallest absolute Gasteiger partial charge is 0.242 e. The van der Waals surface area contributed by atoms with Crippen LogP contribution in [0.4, 0.5) is 0 Å². The Morgan fingerprint density at radius 3 is 2.09 bits per heavy atom. The average molecular weight is 457 g/mol. The number of rotatable bonds is 12. The first kappa shape index (κ1) is 26.0. The normalized spacial score (nSPS) is 11.6. The second-order valence-electron chi connectivity index (χ2n) is 8.39. The minimum Gasteiger partial charge on any atom is -0.497 e. The first-order chi connectivity index (χ1) is 15.8. The lowest BCUT2D eigenvalue weighted by Gasteiger charge is -2.29. The number of nitrogens with one attached hydrogen (secondary N) is 1. The van der Waals surface area contributed by atoms with Crippen LogP contribution < -0.4 is 19.5 Å². The van der Waals surface area contributed by atoms with Gasteiger partial charge in [0.2, 0.25) is 11.8 Å². The van der Waals surface area contributed by atoms with Crippen LogP contribution in [0.15, 0.2) is 42.5 Å². The van der Waals surface area contributed by atoms with Gasteiger partial charge in [-0.1, -0.05) is 32.0 Å². The number of benzene rings is 2. The van der Waals surface area contributed by atoms with Gasteiger partial charge in [0.25, 0.3) is 0 Å². The van der Waals surface area contributed by atoms with Gasteiger partial charge in [0, 0.05) is 13.1 Å². The summed E-state index contributed by atoms with van der Waals surface area (Å²) in [7, 11) is 4.74.